The summed E-state index contributed by atoms with van der Waals surface area (Å²) in [7, 11) is 0. The van der Waals surface area contributed by atoms with Crippen LogP contribution in [0.15, 0.2) is 73.1 Å². The van der Waals surface area contributed by atoms with Gasteiger partial charge in [0, 0.05) is 55.2 Å². The summed E-state index contributed by atoms with van der Waals surface area (Å²) >= 11 is 0. The standard InChI is InChI=1S/C26H29N3O/c1-19-9-11-22(12-10-19)18-28-16-20(2)29(21(3)17-28)26(30)24-7-4-6-23(14-24)25-8-5-13-27-15-25/h4-15,20-21H,16-18H2,1-3H3. The lowest BCUT2D eigenvalue weighted by atomic mass is 10.0. The highest BCUT2D eigenvalue weighted by atomic mass is 16.2. The summed E-state index contributed by atoms with van der Waals surface area (Å²) < 4.78 is 0. The maximum Gasteiger partial charge on any atom is 0.254 e. The Bertz CT molecular complexity index is 988. The van der Waals surface area contributed by atoms with Crippen molar-refractivity contribution in [1.29, 1.82) is 0 Å². The zero-order chi connectivity index (χ0) is 21.1. The lowest BCUT2D eigenvalue weighted by Gasteiger charge is -2.44. The molecule has 1 aromatic heterocycles. The van der Waals surface area contributed by atoms with E-state index in [4.69, 9.17) is 0 Å². The van der Waals surface area contributed by atoms with Crippen molar-refractivity contribution >= 4 is 5.91 Å². The van der Waals surface area contributed by atoms with Gasteiger partial charge in [-0.05, 0) is 50.1 Å². The summed E-state index contributed by atoms with van der Waals surface area (Å²) in [6, 6.07) is 20.9. The van der Waals surface area contributed by atoms with Crippen molar-refractivity contribution in [1.82, 2.24) is 14.8 Å². The molecule has 2 atom stereocenters. The molecule has 1 amide bonds. The predicted molar refractivity (Wildman–Crippen MR) is 121 cm³/mol. The topological polar surface area (TPSA) is 36.4 Å². The van der Waals surface area contributed by atoms with Crippen LogP contribution >= 0.6 is 0 Å². The Morgan fingerprint density at radius 2 is 1.67 bits per heavy atom. The Balaban J connectivity index is 1.48. The molecule has 0 aliphatic carbocycles. The number of carbonyl (C=O) groups excluding carboxylic acids is 1. The fraction of sp³-hybridized carbons (Fsp3) is 0.308. The van der Waals surface area contributed by atoms with Gasteiger partial charge in [-0.25, -0.2) is 0 Å². The molecule has 2 aromatic carbocycles. The SMILES string of the molecule is Cc1ccc(CN2CC(C)N(C(=O)c3cccc(-c4cccnc4)c3)C(C)C2)cc1. The van der Waals surface area contributed by atoms with Gasteiger partial charge in [0.2, 0.25) is 0 Å². The van der Waals surface area contributed by atoms with Gasteiger partial charge in [-0.3, -0.25) is 14.7 Å². The zero-order valence-corrected chi connectivity index (χ0v) is 18.0. The van der Waals surface area contributed by atoms with E-state index in [1.807, 2.05) is 47.5 Å². The van der Waals surface area contributed by atoms with Gasteiger partial charge in [0.15, 0.2) is 0 Å². The van der Waals surface area contributed by atoms with Crippen LogP contribution in [-0.2, 0) is 6.54 Å². The van der Waals surface area contributed by atoms with Gasteiger partial charge in [0.05, 0.1) is 0 Å². The molecule has 1 aliphatic heterocycles. The van der Waals surface area contributed by atoms with Gasteiger partial charge in [-0.15, -0.1) is 0 Å². The number of aryl methyl sites for hydroxylation is 1. The number of benzene rings is 2. The molecular formula is C26H29N3O. The highest BCUT2D eigenvalue weighted by Gasteiger charge is 2.33. The van der Waals surface area contributed by atoms with Gasteiger partial charge in [-0.1, -0.05) is 48.0 Å². The van der Waals surface area contributed by atoms with E-state index in [-0.39, 0.29) is 18.0 Å². The van der Waals surface area contributed by atoms with Gasteiger partial charge in [-0.2, -0.15) is 0 Å². The second-order valence-corrected chi connectivity index (χ2v) is 8.41. The van der Waals surface area contributed by atoms with E-state index in [1.54, 1.807) is 6.20 Å². The molecule has 1 aliphatic rings. The first-order chi connectivity index (χ1) is 14.5. The van der Waals surface area contributed by atoms with E-state index in [2.05, 4.69) is 54.9 Å². The third-order valence-electron chi connectivity index (χ3n) is 5.86. The Morgan fingerprint density at radius 3 is 2.33 bits per heavy atom. The second-order valence-electron chi connectivity index (χ2n) is 8.41. The van der Waals surface area contributed by atoms with Crippen molar-refractivity contribution in [2.24, 2.45) is 0 Å². The number of carbonyl (C=O) groups is 1. The molecule has 30 heavy (non-hydrogen) atoms. The summed E-state index contributed by atoms with van der Waals surface area (Å²) in [4.78, 5) is 22.1. The van der Waals surface area contributed by atoms with Crippen molar-refractivity contribution in [2.75, 3.05) is 13.1 Å². The first-order valence-corrected chi connectivity index (χ1v) is 10.6. The highest BCUT2D eigenvalue weighted by molar-refractivity contribution is 5.96. The third kappa shape index (κ3) is 4.44. The minimum absolute atomic E-state index is 0.107. The number of amides is 1. The number of piperazine rings is 1. The Hall–Kier alpha value is -2.98. The number of aromatic nitrogens is 1. The quantitative estimate of drug-likeness (QED) is 0.633. The maximum atomic E-state index is 13.4. The van der Waals surface area contributed by atoms with Crippen LogP contribution in [0.25, 0.3) is 11.1 Å². The van der Waals surface area contributed by atoms with Crippen LogP contribution in [0.4, 0.5) is 0 Å². The number of rotatable bonds is 4. The largest absolute Gasteiger partial charge is 0.331 e. The number of nitrogens with zero attached hydrogens (tertiary/aromatic N) is 3. The lowest BCUT2D eigenvalue weighted by molar-refractivity contribution is 0.0268. The van der Waals surface area contributed by atoms with Crippen LogP contribution in [0.1, 0.15) is 35.3 Å². The predicted octanol–water partition coefficient (Wildman–Crippen LogP) is 4.79. The molecule has 4 heteroatoms. The smallest absolute Gasteiger partial charge is 0.254 e. The molecule has 4 nitrogen and oxygen atoms in total. The minimum Gasteiger partial charge on any atom is -0.331 e. The maximum absolute atomic E-state index is 13.4. The third-order valence-corrected chi connectivity index (χ3v) is 5.86. The number of hydrogen-bond donors (Lipinski definition) is 0. The van der Waals surface area contributed by atoms with Crippen molar-refractivity contribution in [3.8, 4) is 11.1 Å². The molecule has 3 aromatic rings. The number of hydrogen-bond acceptors (Lipinski definition) is 3. The molecule has 0 saturated carbocycles. The van der Waals surface area contributed by atoms with Crippen molar-refractivity contribution in [3.63, 3.8) is 0 Å². The Kier molecular flexibility index (Phi) is 5.96. The van der Waals surface area contributed by atoms with Gasteiger partial charge < -0.3 is 4.90 Å². The molecule has 4 rings (SSSR count). The second kappa shape index (κ2) is 8.80. The van der Waals surface area contributed by atoms with E-state index in [0.29, 0.717) is 0 Å². The summed E-state index contributed by atoms with van der Waals surface area (Å²) in [6.07, 6.45) is 3.59. The molecule has 0 N–H and O–H groups in total. The van der Waals surface area contributed by atoms with E-state index < -0.39 is 0 Å². The molecule has 2 unspecified atom stereocenters. The first kappa shape index (κ1) is 20.3. The minimum atomic E-state index is 0.107. The van der Waals surface area contributed by atoms with Crippen LogP contribution < -0.4 is 0 Å². The molecular weight excluding hydrogens is 370 g/mol. The van der Waals surface area contributed by atoms with E-state index in [0.717, 1.165) is 36.3 Å². The van der Waals surface area contributed by atoms with Gasteiger partial charge in [0.1, 0.15) is 0 Å². The van der Waals surface area contributed by atoms with Crippen LogP contribution in [-0.4, -0.2) is 45.9 Å². The summed E-state index contributed by atoms with van der Waals surface area (Å²) in [5, 5.41) is 0. The molecule has 0 radical (unpaired) electrons. The molecule has 2 heterocycles. The average molecular weight is 400 g/mol. The monoisotopic (exact) mass is 399 g/mol. The van der Waals surface area contributed by atoms with Crippen LogP contribution in [0, 0.1) is 6.92 Å². The van der Waals surface area contributed by atoms with E-state index >= 15 is 0 Å². The molecule has 0 bridgehead atoms. The van der Waals surface area contributed by atoms with Crippen LogP contribution in [0.2, 0.25) is 0 Å². The van der Waals surface area contributed by atoms with Gasteiger partial charge in [0.25, 0.3) is 5.91 Å². The highest BCUT2D eigenvalue weighted by Crippen LogP contribution is 2.24. The zero-order valence-electron chi connectivity index (χ0n) is 18.0. The summed E-state index contributed by atoms with van der Waals surface area (Å²) in [5.41, 5.74) is 5.39. The molecule has 1 saturated heterocycles. The normalized spacial score (nSPS) is 19.6. The molecule has 154 valence electrons. The van der Waals surface area contributed by atoms with Crippen LogP contribution in [0.3, 0.4) is 0 Å². The van der Waals surface area contributed by atoms with Crippen LogP contribution in [0.5, 0.6) is 0 Å². The fourth-order valence-electron chi connectivity index (χ4n) is 4.43. The lowest BCUT2D eigenvalue weighted by Crippen LogP contribution is -2.58. The number of pyridine rings is 1. The van der Waals surface area contributed by atoms with Crippen molar-refractivity contribution < 1.29 is 4.79 Å². The summed E-state index contributed by atoms with van der Waals surface area (Å²) in [6.45, 7) is 9.11. The Morgan fingerprint density at radius 1 is 0.967 bits per heavy atom. The average Bonchev–Trinajstić information content (AvgIpc) is 2.75. The fourth-order valence-corrected chi connectivity index (χ4v) is 4.43. The van der Waals surface area contributed by atoms with Gasteiger partial charge >= 0.3 is 0 Å². The first-order valence-electron chi connectivity index (χ1n) is 10.6. The molecule has 0 spiro atoms. The van der Waals surface area contributed by atoms with E-state index in [9.17, 15) is 4.79 Å². The molecule has 1 fully saturated rings. The van der Waals surface area contributed by atoms with Crippen molar-refractivity contribution in [3.05, 3.63) is 89.7 Å². The van der Waals surface area contributed by atoms with Crippen molar-refractivity contribution in [2.45, 2.75) is 39.4 Å². The van der Waals surface area contributed by atoms with E-state index in [1.165, 1.54) is 11.1 Å². The summed E-state index contributed by atoms with van der Waals surface area (Å²) in [5.74, 6) is 0.107. The Labute approximate surface area is 179 Å².